The highest BCUT2D eigenvalue weighted by Gasteiger charge is 2.04. The highest BCUT2D eigenvalue weighted by Crippen LogP contribution is 2.07. The number of ether oxygens (including phenoxy) is 2. The molecule has 0 aromatic carbocycles. The standard InChI is InChI=1S/C6H8O3/c1-8-5-2-3-9-6(7)4-5/h2-4,6-7H,1H3. The van der Waals surface area contributed by atoms with E-state index in [-0.39, 0.29) is 0 Å². The molecule has 1 unspecified atom stereocenters. The van der Waals surface area contributed by atoms with Crippen LogP contribution < -0.4 is 0 Å². The second-order valence-electron chi connectivity index (χ2n) is 1.60. The van der Waals surface area contributed by atoms with Gasteiger partial charge in [0, 0.05) is 12.2 Å². The fourth-order valence-corrected chi connectivity index (χ4v) is 0.558. The molecule has 1 atom stereocenters. The summed E-state index contributed by atoms with van der Waals surface area (Å²) in [5, 5.41) is 8.78. The Balaban J connectivity index is 2.59. The van der Waals surface area contributed by atoms with Crippen LogP contribution in [0.15, 0.2) is 24.2 Å². The van der Waals surface area contributed by atoms with Crippen LogP contribution in [0.1, 0.15) is 0 Å². The van der Waals surface area contributed by atoms with E-state index in [9.17, 15) is 0 Å². The lowest BCUT2D eigenvalue weighted by Crippen LogP contribution is -2.08. The Bertz CT molecular complexity index is 148. The van der Waals surface area contributed by atoms with E-state index in [1.165, 1.54) is 19.4 Å². The topological polar surface area (TPSA) is 38.7 Å². The van der Waals surface area contributed by atoms with Gasteiger partial charge in [0.1, 0.15) is 5.76 Å². The molecule has 0 spiro atoms. The molecule has 0 amide bonds. The number of hydrogen-bond donors (Lipinski definition) is 1. The predicted molar refractivity (Wildman–Crippen MR) is 31.3 cm³/mol. The molecule has 1 N–H and O–H groups in total. The molecule has 0 aromatic heterocycles. The van der Waals surface area contributed by atoms with Crippen LogP contribution in [0.25, 0.3) is 0 Å². The second kappa shape index (κ2) is 2.55. The number of hydrogen-bond acceptors (Lipinski definition) is 3. The highest BCUT2D eigenvalue weighted by molar-refractivity contribution is 5.13. The van der Waals surface area contributed by atoms with Crippen molar-refractivity contribution in [3.63, 3.8) is 0 Å². The Morgan fingerprint density at radius 1 is 1.78 bits per heavy atom. The van der Waals surface area contributed by atoms with Gasteiger partial charge in [0.2, 0.25) is 6.29 Å². The van der Waals surface area contributed by atoms with Gasteiger partial charge in [0.25, 0.3) is 0 Å². The number of allylic oxidation sites excluding steroid dienone is 1. The van der Waals surface area contributed by atoms with Gasteiger partial charge in [-0.1, -0.05) is 0 Å². The zero-order valence-electron chi connectivity index (χ0n) is 5.07. The molecule has 0 saturated carbocycles. The van der Waals surface area contributed by atoms with Gasteiger partial charge >= 0.3 is 0 Å². The summed E-state index contributed by atoms with van der Waals surface area (Å²) in [6.07, 6.45) is 3.64. The first-order valence-corrected chi connectivity index (χ1v) is 2.59. The SMILES string of the molecule is COC1=CC(O)OC=C1. The lowest BCUT2D eigenvalue weighted by molar-refractivity contribution is -0.0176. The van der Waals surface area contributed by atoms with Crippen LogP contribution in [0.2, 0.25) is 0 Å². The summed E-state index contributed by atoms with van der Waals surface area (Å²) in [7, 11) is 1.54. The van der Waals surface area contributed by atoms with Crippen LogP contribution in [0.3, 0.4) is 0 Å². The van der Waals surface area contributed by atoms with Crippen LogP contribution in [0.5, 0.6) is 0 Å². The smallest absolute Gasteiger partial charge is 0.220 e. The largest absolute Gasteiger partial charge is 0.497 e. The minimum absolute atomic E-state index is 0.619. The van der Waals surface area contributed by atoms with Crippen molar-refractivity contribution in [2.75, 3.05) is 7.11 Å². The van der Waals surface area contributed by atoms with Gasteiger partial charge in [-0.3, -0.25) is 0 Å². The third-order valence-electron chi connectivity index (χ3n) is 0.993. The van der Waals surface area contributed by atoms with Crippen molar-refractivity contribution < 1.29 is 14.6 Å². The van der Waals surface area contributed by atoms with Crippen molar-refractivity contribution in [2.45, 2.75) is 6.29 Å². The van der Waals surface area contributed by atoms with E-state index in [0.717, 1.165) is 0 Å². The molecule has 50 valence electrons. The monoisotopic (exact) mass is 128 g/mol. The molecule has 0 saturated heterocycles. The maximum Gasteiger partial charge on any atom is 0.220 e. The normalized spacial score (nSPS) is 24.7. The molecule has 9 heavy (non-hydrogen) atoms. The first-order valence-electron chi connectivity index (χ1n) is 2.59. The van der Waals surface area contributed by atoms with Crippen LogP contribution in [-0.4, -0.2) is 18.5 Å². The van der Waals surface area contributed by atoms with Crippen molar-refractivity contribution in [1.82, 2.24) is 0 Å². The Labute approximate surface area is 53.2 Å². The lowest BCUT2D eigenvalue weighted by atomic mass is 10.4. The number of rotatable bonds is 1. The lowest BCUT2D eigenvalue weighted by Gasteiger charge is -2.11. The van der Waals surface area contributed by atoms with Crippen molar-refractivity contribution in [2.24, 2.45) is 0 Å². The molecule has 3 nitrogen and oxygen atoms in total. The molecule has 0 radical (unpaired) electrons. The van der Waals surface area contributed by atoms with Crippen LogP contribution in [0, 0.1) is 0 Å². The van der Waals surface area contributed by atoms with Crippen LogP contribution in [0.4, 0.5) is 0 Å². The molecule has 1 rings (SSSR count). The third kappa shape index (κ3) is 1.47. The second-order valence-corrected chi connectivity index (χ2v) is 1.60. The quantitative estimate of drug-likeness (QED) is 0.554. The van der Waals surface area contributed by atoms with E-state index in [2.05, 4.69) is 4.74 Å². The zero-order valence-corrected chi connectivity index (χ0v) is 5.07. The number of methoxy groups -OCH3 is 1. The number of aliphatic hydroxyl groups is 1. The highest BCUT2D eigenvalue weighted by atomic mass is 16.6. The maximum absolute atomic E-state index is 8.78. The Hall–Kier alpha value is -0.960. The summed E-state index contributed by atoms with van der Waals surface area (Å²) in [6.45, 7) is 0. The van der Waals surface area contributed by atoms with Gasteiger partial charge < -0.3 is 14.6 Å². The van der Waals surface area contributed by atoms with Gasteiger partial charge in [-0.05, 0) is 0 Å². The van der Waals surface area contributed by atoms with E-state index < -0.39 is 6.29 Å². The fourth-order valence-electron chi connectivity index (χ4n) is 0.558. The maximum atomic E-state index is 8.78. The average Bonchev–Trinajstić information content (AvgIpc) is 1.88. The number of aliphatic hydroxyl groups excluding tert-OH is 1. The van der Waals surface area contributed by atoms with Gasteiger partial charge in [0.05, 0.1) is 13.4 Å². The molecule has 1 aliphatic rings. The first kappa shape index (κ1) is 6.16. The van der Waals surface area contributed by atoms with Crippen LogP contribution >= 0.6 is 0 Å². The molecule has 0 aromatic rings. The van der Waals surface area contributed by atoms with Crippen LogP contribution in [-0.2, 0) is 9.47 Å². The summed E-state index contributed by atoms with van der Waals surface area (Å²) in [5.74, 6) is 0.619. The Morgan fingerprint density at radius 2 is 2.56 bits per heavy atom. The summed E-state index contributed by atoms with van der Waals surface area (Å²) in [4.78, 5) is 0. The van der Waals surface area contributed by atoms with E-state index >= 15 is 0 Å². The third-order valence-corrected chi connectivity index (χ3v) is 0.993. The van der Waals surface area contributed by atoms with Crippen molar-refractivity contribution in [3.05, 3.63) is 24.2 Å². The van der Waals surface area contributed by atoms with Gasteiger partial charge in [-0.15, -0.1) is 0 Å². The molecule has 0 bridgehead atoms. The fraction of sp³-hybridized carbons (Fsp3) is 0.333. The average molecular weight is 128 g/mol. The summed E-state index contributed by atoms with van der Waals surface area (Å²) < 4.78 is 9.42. The molecular weight excluding hydrogens is 120 g/mol. The Morgan fingerprint density at radius 3 is 3.00 bits per heavy atom. The molecule has 1 aliphatic heterocycles. The molecular formula is C6H8O3. The first-order chi connectivity index (χ1) is 4.33. The van der Waals surface area contributed by atoms with Crippen molar-refractivity contribution in [1.29, 1.82) is 0 Å². The molecule has 0 aliphatic carbocycles. The van der Waals surface area contributed by atoms with E-state index in [1.807, 2.05) is 0 Å². The summed E-state index contributed by atoms with van der Waals surface area (Å²) >= 11 is 0. The van der Waals surface area contributed by atoms with Crippen molar-refractivity contribution in [3.8, 4) is 0 Å². The zero-order chi connectivity index (χ0) is 6.69. The minimum Gasteiger partial charge on any atom is -0.497 e. The van der Waals surface area contributed by atoms with Gasteiger partial charge in [0.15, 0.2) is 0 Å². The summed E-state index contributed by atoms with van der Waals surface area (Å²) in [5.41, 5.74) is 0. The van der Waals surface area contributed by atoms with E-state index in [4.69, 9.17) is 9.84 Å². The van der Waals surface area contributed by atoms with E-state index in [0.29, 0.717) is 5.76 Å². The molecule has 1 heterocycles. The van der Waals surface area contributed by atoms with Gasteiger partial charge in [-0.25, -0.2) is 0 Å². The molecule has 3 heteroatoms. The van der Waals surface area contributed by atoms with E-state index in [1.54, 1.807) is 6.08 Å². The van der Waals surface area contributed by atoms with Gasteiger partial charge in [-0.2, -0.15) is 0 Å². The summed E-state index contributed by atoms with van der Waals surface area (Å²) in [6, 6.07) is 0. The minimum atomic E-state index is -0.857. The molecule has 0 fully saturated rings. The predicted octanol–water partition coefficient (Wildman–Crippen LogP) is 0.379. The Kier molecular flexibility index (Phi) is 1.75. The van der Waals surface area contributed by atoms with Crippen molar-refractivity contribution >= 4 is 0 Å².